The van der Waals surface area contributed by atoms with Crippen LogP contribution >= 0.6 is 0 Å². The van der Waals surface area contributed by atoms with Gasteiger partial charge in [-0.3, -0.25) is 0 Å². The van der Waals surface area contributed by atoms with Gasteiger partial charge in [-0.15, -0.1) is 0 Å². The summed E-state index contributed by atoms with van der Waals surface area (Å²) in [5, 5.41) is 0. The van der Waals surface area contributed by atoms with E-state index < -0.39 is 0 Å². The van der Waals surface area contributed by atoms with Gasteiger partial charge in [0.1, 0.15) is 5.75 Å². The van der Waals surface area contributed by atoms with E-state index in [-0.39, 0.29) is 0 Å². The summed E-state index contributed by atoms with van der Waals surface area (Å²) in [7, 11) is 0. The van der Waals surface area contributed by atoms with Crippen LogP contribution in [0.25, 0.3) is 0 Å². The predicted octanol–water partition coefficient (Wildman–Crippen LogP) is 3.49. The molecule has 81 valence electrons. The van der Waals surface area contributed by atoms with Crippen molar-refractivity contribution in [3.8, 4) is 5.75 Å². The largest absolute Gasteiger partial charge is 0.493 e. The maximum Gasteiger partial charge on any atom is 0.119 e. The first-order chi connectivity index (χ1) is 7.84. The maximum atomic E-state index is 5.65. The Morgan fingerprint density at radius 3 is 2.50 bits per heavy atom. The lowest BCUT2D eigenvalue weighted by atomic mass is 10.2. The van der Waals surface area contributed by atoms with E-state index in [2.05, 4.69) is 19.1 Å². The van der Waals surface area contributed by atoms with Crippen LogP contribution < -0.4 is 4.74 Å². The molecule has 0 aliphatic carbocycles. The molecule has 0 aromatic heterocycles. The fourth-order valence-corrected chi connectivity index (χ4v) is 1.57. The summed E-state index contributed by atoms with van der Waals surface area (Å²) in [6.07, 6.45) is 0.933. The molecule has 0 amide bonds. The van der Waals surface area contributed by atoms with E-state index in [1.54, 1.807) is 0 Å². The van der Waals surface area contributed by atoms with Gasteiger partial charge >= 0.3 is 0 Å². The van der Waals surface area contributed by atoms with Crippen molar-refractivity contribution in [3.05, 3.63) is 72.6 Å². The molecule has 1 heteroatoms. The lowest BCUT2D eigenvalue weighted by Gasteiger charge is -2.06. The maximum absolute atomic E-state index is 5.65. The SMILES string of the molecule is [CH2]c1cccc(OCCc2ccccc2)c1. The van der Waals surface area contributed by atoms with Gasteiger partial charge in [-0.1, -0.05) is 42.5 Å². The zero-order valence-corrected chi connectivity index (χ0v) is 9.23. The highest BCUT2D eigenvalue weighted by molar-refractivity contribution is 5.30. The number of hydrogen-bond acceptors (Lipinski definition) is 1. The van der Waals surface area contributed by atoms with Gasteiger partial charge in [0, 0.05) is 6.42 Å². The van der Waals surface area contributed by atoms with E-state index in [1.807, 2.05) is 42.5 Å². The molecular weight excluding hydrogens is 196 g/mol. The fourth-order valence-electron chi connectivity index (χ4n) is 1.57. The van der Waals surface area contributed by atoms with Crippen LogP contribution in [0.15, 0.2) is 54.6 Å². The van der Waals surface area contributed by atoms with Gasteiger partial charge in [0.25, 0.3) is 0 Å². The summed E-state index contributed by atoms with van der Waals surface area (Å²) < 4.78 is 5.65. The quantitative estimate of drug-likeness (QED) is 0.752. The van der Waals surface area contributed by atoms with Gasteiger partial charge in [0.2, 0.25) is 0 Å². The van der Waals surface area contributed by atoms with E-state index >= 15 is 0 Å². The molecule has 1 nitrogen and oxygen atoms in total. The van der Waals surface area contributed by atoms with Gasteiger partial charge in [-0.2, -0.15) is 0 Å². The Labute approximate surface area is 96.7 Å². The van der Waals surface area contributed by atoms with E-state index in [9.17, 15) is 0 Å². The van der Waals surface area contributed by atoms with Crippen LogP contribution in [0.3, 0.4) is 0 Å². The topological polar surface area (TPSA) is 9.23 Å². The standard InChI is InChI=1S/C15H15O/c1-13-6-5-9-15(12-13)16-11-10-14-7-3-2-4-8-14/h2-9,12H,1,10-11H2. The lowest BCUT2D eigenvalue weighted by molar-refractivity contribution is 0.322. The second-order valence-electron chi connectivity index (χ2n) is 3.73. The zero-order chi connectivity index (χ0) is 11.2. The van der Waals surface area contributed by atoms with Crippen LogP contribution in [-0.2, 0) is 6.42 Å². The average molecular weight is 211 g/mol. The summed E-state index contributed by atoms with van der Waals surface area (Å²) in [5.41, 5.74) is 2.28. The molecular formula is C15H15O. The summed E-state index contributed by atoms with van der Waals surface area (Å²) in [6.45, 7) is 4.57. The van der Waals surface area contributed by atoms with Crippen LogP contribution in [0.1, 0.15) is 11.1 Å². The molecule has 0 saturated carbocycles. The predicted molar refractivity (Wildman–Crippen MR) is 66.5 cm³/mol. The highest BCUT2D eigenvalue weighted by atomic mass is 16.5. The van der Waals surface area contributed by atoms with Gasteiger partial charge in [-0.25, -0.2) is 0 Å². The van der Waals surface area contributed by atoms with Crippen LogP contribution in [-0.4, -0.2) is 6.61 Å². The molecule has 2 aromatic rings. The van der Waals surface area contributed by atoms with Crippen molar-refractivity contribution in [1.82, 2.24) is 0 Å². The Morgan fingerprint density at radius 1 is 0.938 bits per heavy atom. The van der Waals surface area contributed by atoms with Crippen LogP contribution in [0, 0.1) is 6.92 Å². The summed E-state index contributed by atoms with van der Waals surface area (Å²) in [5.74, 6) is 0.892. The van der Waals surface area contributed by atoms with Crippen molar-refractivity contribution < 1.29 is 4.74 Å². The normalized spacial score (nSPS) is 10.1. The van der Waals surface area contributed by atoms with Crippen molar-refractivity contribution in [2.75, 3.05) is 6.61 Å². The zero-order valence-electron chi connectivity index (χ0n) is 9.23. The van der Waals surface area contributed by atoms with Crippen LogP contribution in [0.2, 0.25) is 0 Å². The second-order valence-corrected chi connectivity index (χ2v) is 3.73. The number of benzene rings is 2. The fraction of sp³-hybridized carbons (Fsp3) is 0.133. The highest BCUT2D eigenvalue weighted by Crippen LogP contribution is 2.12. The minimum absolute atomic E-state index is 0.702. The Balaban J connectivity index is 1.85. The van der Waals surface area contributed by atoms with Crippen molar-refractivity contribution >= 4 is 0 Å². The van der Waals surface area contributed by atoms with Crippen LogP contribution in [0.5, 0.6) is 5.75 Å². The van der Waals surface area contributed by atoms with Gasteiger partial charge < -0.3 is 4.74 Å². The number of hydrogen-bond donors (Lipinski definition) is 0. The van der Waals surface area contributed by atoms with Gasteiger partial charge in [-0.05, 0) is 30.2 Å². The molecule has 0 bridgehead atoms. The minimum atomic E-state index is 0.702. The summed E-state index contributed by atoms with van der Waals surface area (Å²) in [4.78, 5) is 0. The molecule has 2 aromatic carbocycles. The molecule has 0 N–H and O–H groups in total. The number of rotatable bonds is 4. The van der Waals surface area contributed by atoms with Crippen molar-refractivity contribution in [2.24, 2.45) is 0 Å². The lowest BCUT2D eigenvalue weighted by Crippen LogP contribution is -2.01. The third kappa shape index (κ3) is 3.13. The molecule has 1 radical (unpaired) electrons. The molecule has 0 fully saturated rings. The third-order valence-electron chi connectivity index (χ3n) is 2.40. The smallest absolute Gasteiger partial charge is 0.119 e. The Bertz CT molecular complexity index is 434. The van der Waals surface area contributed by atoms with E-state index in [0.29, 0.717) is 6.61 Å². The monoisotopic (exact) mass is 211 g/mol. The Morgan fingerprint density at radius 2 is 1.75 bits per heavy atom. The van der Waals surface area contributed by atoms with Crippen molar-refractivity contribution in [1.29, 1.82) is 0 Å². The molecule has 0 aliphatic rings. The molecule has 0 heterocycles. The first kappa shape index (κ1) is 10.7. The van der Waals surface area contributed by atoms with E-state index in [0.717, 1.165) is 17.7 Å². The first-order valence-corrected chi connectivity index (χ1v) is 5.43. The van der Waals surface area contributed by atoms with Crippen molar-refractivity contribution in [2.45, 2.75) is 6.42 Å². The van der Waals surface area contributed by atoms with E-state index in [1.165, 1.54) is 5.56 Å². The summed E-state index contributed by atoms with van der Waals surface area (Å²) >= 11 is 0. The van der Waals surface area contributed by atoms with Gasteiger partial charge in [0.15, 0.2) is 0 Å². The highest BCUT2D eigenvalue weighted by Gasteiger charge is 1.95. The molecule has 0 spiro atoms. The Hall–Kier alpha value is -1.76. The number of ether oxygens (including phenoxy) is 1. The first-order valence-electron chi connectivity index (χ1n) is 5.43. The minimum Gasteiger partial charge on any atom is -0.493 e. The summed E-state index contributed by atoms with van der Waals surface area (Å²) in [6, 6.07) is 18.2. The molecule has 2 rings (SSSR count). The molecule has 0 aliphatic heterocycles. The molecule has 0 atom stereocenters. The molecule has 16 heavy (non-hydrogen) atoms. The second kappa shape index (κ2) is 5.36. The third-order valence-corrected chi connectivity index (χ3v) is 2.40. The van der Waals surface area contributed by atoms with Gasteiger partial charge in [0.05, 0.1) is 6.61 Å². The van der Waals surface area contributed by atoms with Crippen LogP contribution in [0.4, 0.5) is 0 Å². The molecule has 0 saturated heterocycles. The van der Waals surface area contributed by atoms with E-state index in [4.69, 9.17) is 4.74 Å². The average Bonchev–Trinajstić information content (AvgIpc) is 2.30. The van der Waals surface area contributed by atoms with Crippen molar-refractivity contribution in [3.63, 3.8) is 0 Å². The molecule has 0 unspecified atom stereocenters. The Kier molecular flexibility index (Phi) is 3.60.